The molecule has 2 saturated heterocycles. The molecule has 1 unspecified atom stereocenters. The van der Waals surface area contributed by atoms with Gasteiger partial charge in [-0.25, -0.2) is 4.39 Å². The Morgan fingerprint density at radius 3 is 2.41 bits per heavy atom. The molecule has 3 aliphatic rings. The van der Waals surface area contributed by atoms with Crippen molar-refractivity contribution in [2.75, 3.05) is 12.0 Å². The Labute approximate surface area is 216 Å². The molecule has 6 rings (SSSR count). The number of aromatic nitrogens is 4. The van der Waals surface area contributed by atoms with Gasteiger partial charge in [0, 0.05) is 45.9 Å². The number of anilines is 1. The molecule has 37 heavy (non-hydrogen) atoms. The first kappa shape index (κ1) is 24.0. The van der Waals surface area contributed by atoms with Crippen LogP contribution in [0.1, 0.15) is 58.8 Å². The molecule has 2 N–H and O–H groups in total. The van der Waals surface area contributed by atoms with E-state index >= 15 is 4.39 Å². The van der Waals surface area contributed by atoms with Crippen LogP contribution in [0.2, 0.25) is 0 Å². The van der Waals surface area contributed by atoms with Crippen molar-refractivity contribution in [3.8, 4) is 34.0 Å². The second-order valence-electron chi connectivity index (χ2n) is 11.4. The van der Waals surface area contributed by atoms with Crippen LogP contribution in [0.5, 0.6) is 11.6 Å². The van der Waals surface area contributed by atoms with Crippen LogP contribution in [0.4, 0.5) is 10.2 Å². The van der Waals surface area contributed by atoms with Gasteiger partial charge >= 0.3 is 0 Å². The van der Waals surface area contributed by atoms with Crippen LogP contribution in [-0.4, -0.2) is 55.8 Å². The van der Waals surface area contributed by atoms with Crippen LogP contribution in [-0.2, 0) is 0 Å². The molecular formula is C28H33FN6O2. The van der Waals surface area contributed by atoms with Crippen LogP contribution in [0, 0.1) is 5.82 Å². The topological polar surface area (TPSA) is 96.3 Å². The summed E-state index contributed by atoms with van der Waals surface area (Å²) in [5, 5.41) is 31.4. The van der Waals surface area contributed by atoms with Gasteiger partial charge in [0.05, 0.1) is 19.0 Å². The summed E-state index contributed by atoms with van der Waals surface area (Å²) >= 11 is 0. The molecule has 194 valence electrons. The minimum absolute atomic E-state index is 0.0830. The summed E-state index contributed by atoms with van der Waals surface area (Å²) in [4.78, 5) is 2.48. The van der Waals surface area contributed by atoms with Gasteiger partial charge in [-0.1, -0.05) is 0 Å². The number of hydrogen-bond acceptors (Lipinski definition) is 8. The van der Waals surface area contributed by atoms with Crippen LogP contribution in [0.15, 0.2) is 36.5 Å². The van der Waals surface area contributed by atoms with E-state index in [1.54, 1.807) is 6.07 Å². The van der Waals surface area contributed by atoms with Crippen molar-refractivity contribution >= 4 is 5.82 Å². The molecule has 3 atom stereocenters. The number of phenols is 1. The van der Waals surface area contributed by atoms with Crippen LogP contribution in [0.25, 0.3) is 22.4 Å². The Morgan fingerprint density at radius 1 is 1.00 bits per heavy atom. The Balaban J connectivity index is 1.28. The van der Waals surface area contributed by atoms with E-state index in [0.29, 0.717) is 28.9 Å². The number of ether oxygens (including phenoxy) is 1. The molecule has 0 amide bonds. The maximum atomic E-state index is 15.1. The van der Waals surface area contributed by atoms with Crippen molar-refractivity contribution in [1.82, 2.24) is 25.7 Å². The number of piperidine rings is 2. The minimum atomic E-state index is -0.504. The average molecular weight is 505 g/mol. The fourth-order valence-corrected chi connectivity index (χ4v) is 6.55. The number of nitrogens with zero attached hydrogens (tertiary/aromatic N) is 5. The van der Waals surface area contributed by atoms with Crippen molar-refractivity contribution in [2.45, 2.75) is 82.0 Å². The lowest BCUT2D eigenvalue weighted by Crippen LogP contribution is -2.67. The van der Waals surface area contributed by atoms with Gasteiger partial charge in [0.1, 0.15) is 11.6 Å². The third kappa shape index (κ3) is 4.61. The number of rotatable bonds is 6. The number of hydrogen-bond donors (Lipinski definition) is 2. The Bertz CT molecular complexity index is 1300. The maximum absolute atomic E-state index is 15.1. The molecule has 3 aromatic rings. The van der Waals surface area contributed by atoms with Crippen molar-refractivity contribution in [2.24, 2.45) is 0 Å². The van der Waals surface area contributed by atoms with E-state index in [1.807, 2.05) is 12.1 Å². The van der Waals surface area contributed by atoms with E-state index in [1.165, 1.54) is 57.5 Å². The third-order valence-corrected chi connectivity index (χ3v) is 8.20. The summed E-state index contributed by atoms with van der Waals surface area (Å²) in [6.45, 7) is 4.71. The van der Waals surface area contributed by atoms with Gasteiger partial charge in [-0.3, -0.25) is 0 Å². The van der Waals surface area contributed by atoms with E-state index in [4.69, 9.17) is 4.74 Å². The molecule has 3 fully saturated rings. The molecule has 9 heteroatoms. The average Bonchev–Trinajstić information content (AvgIpc) is 3.70. The lowest BCUT2D eigenvalue weighted by atomic mass is 9.69. The van der Waals surface area contributed by atoms with Crippen LogP contribution in [0.3, 0.4) is 0 Å². The van der Waals surface area contributed by atoms with Gasteiger partial charge in [-0.05, 0) is 83.1 Å². The normalized spacial score (nSPS) is 27.1. The fraction of sp³-hybridized carbons (Fsp3) is 0.500. The molecule has 4 heterocycles. The highest BCUT2D eigenvalue weighted by atomic mass is 19.1. The molecule has 1 aliphatic carbocycles. The summed E-state index contributed by atoms with van der Waals surface area (Å²) in [5.74, 6) is 0.536. The van der Waals surface area contributed by atoms with Gasteiger partial charge in [0.25, 0.3) is 0 Å². The molecular weight excluding hydrogens is 471 g/mol. The third-order valence-electron chi connectivity index (χ3n) is 8.20. The SMILES string of the molecule is COc1cc(-c2cc(O)c(-c3ccc(N(C4CC4)C4C[C@]5(C)CCC[C@](C)(C4)N5)nn3)cc2F)cnn1. The van der Waals surface area contributed by atoms with Gasteiger partial charge < -0.3 is 20.1 Å². The van der Waals surface area contributed by atoms with Crippen LogP contribution < -0.4 is 15.0 Å². The summed E-state index contributed by atoms with van der Waals surface area (Å²) in [6, 6.07) is 8.92. The first-order valence-electron chi connectivity index (χ1n) is 13.1. The molecule has 0 radical (unpaired) electrons. The van der Waals surface area contributed by atoms with Gasteiger partial charge in [-0.2, -0.15) is 5.10 Å². The zero-order valence-electron chi connectivity index (χ0n) is 21.5. The van der Waals surface area contributed by atoms with E-state index < -0.39 is 5.82 Å². The number of aromatic hydroxyl groups is 1. The maximum Gasteiger partial charge on any atom is 0.233 e. The molecule has 1 saturated carbocycles. The highest BCUT2D eigenvalue weighted by Crippen LogP contribution is 2.45. The summed E-state index contributed by atoms with van der Waals surface area (Å²) in [5.41, 5.74) is 1.68. The van der Waals surface area contributed by atoms with Crippen molar-refractivity contribution in [1.29, 1.82) is 0 Å². The van der Waals surface area contributed by atoms with E-state index in [9.17, 15) is 5.11 Å². The summed E-state index contributed by atoms with van der Waals surface area (Å²) < 4.78 is 20.2. The van der Waals surface area contributed by atoms with E-state index in [-0.39, 0.29) is 28.3 Å². The van der Waals surface area contributed by atoms with Crippen molar-refractivity contribution in [3.05, 3.63) is 42.3 Å². The second kappa shape index (κ2) is 8.90. The largest absolute Gasteiger partial charge is 0.507 e. The highest BCUT2D eigenvalue weighted by Gasteiger charge is 2.49. The molecule has 8 nitrogen and oxygen atoms in total. The molecule has 0 spiro atoms. The Hall–Kier alpha value is -3.33. The first-order chi connectivity index (χ1) is 17.8. The van der Waals surface area contributed by atoms with Crippen molar-refractivity contribution < 1.29 is 14.2 Å². The standard InChI is InChI=1S/C28H33FN6O2/c1-27-9-4-10-28(2,34-27)15-19(14-27)35(18-5-6-18)25-8-7-23(31-32-25)21-12-22(29)20(13-24(21)36)17-11-26(37-3)33-30-16-17/h7-8,11-13,16,18-19,34,36H,4-6,9-10,14-15H2,1-3H3/t19?,27-,28+. The lowest BCUT2D eigenvalue weighted by Gasteiger charge is -2.55. The Morgan fingerprint density at radius 2 is 1.76 bits per heavy atom. The number of nitrogens with one attached hydrogen (secondary N) is 1. The second-order valence-corrected chi connectivity index (χ2v) is 11.4. The first-order valence-corrected chi connectivity index (χ1v) is 13.1. The summed E-state index contributed by atoms with van der Waals surface area (Å²) in [7, 11) is 1.47. The lowest BCUT2D eigenvalue weighted by molar-refractivity contribution is 0.0766. The van der Waals surface area contributed by atoms with Gasteiger partial charge in [-0.15, -0.1) is 15.3 Å². The fourth-order valence-electron chi connectivity index (χ4n) is 6.55. The monoisotopic (exact) mass is 504 g/mol. The minimum Gasteiger partial charge on any atom is -0.507 e. The number of fused-ring (bicyclic) bond motifs is 2. The van der Waals surface area contributed by atoms with Gasteiger partial charge in [0.2, 0.25) is 5.88 Å². The number of phenolic OH excluding ortho intramolecular Hbond substituents is 1. The molecule has 2 bridgehead atoms. The molecule has 2 aromatic heterocycles. The quantitative estimate of drug-likeness (QED) is 0.491. The Kier molecular flexibility index (Phi) is 5.78. The number of halogens is 1. The van der Waals surface area contributed by atoms with E-state index in [2.05, 4.69) is 44.5 Å². The zero-order chi connectivity index (χ0) is 25.8. The van der Waals surface area contributed by atoms with Gasteiger partial charge in [0.15, 0.2) is 5.82 Å². The number of methoxy groups -OCH3 is 1. The molecule has 1 aromatic carbocycles. The van der Waals surface area contributed by atoms with Crippen molar-refractivity contribution in [3.63, 3.8) is 0 Å². The smallest absolute Gasteiger partial charge is 0.233 e. The predicted octanol–water partition coefficient (Wildman–Crippen LogP) is 4.88. The van der Waals surface area contributed by atoms with Crippen LogP contribution >= 0.6 is 0 Å². The predicted molar refractivity (Wildman–Crippen MR) is 139 cm³/mol. The van der Waals surface area contributed by atoms with E-state index in [0.717, 1.165) is 18.7 Å². The molecule has 2 aliphatic heterocycles. The number of benzene rings is 1. The zero-order valence-corrected chi connectivity index (χ0v) is 21.5. The summed E-state index contributed by atoms with van der Waals surface area (Å²) in [6.07, 6.45) is 9.61. The highest BCUT2D eigenvalue weighted by molar-refractivity contribution is 5.75.